The first-order chi connectivity index (χ1) is 12.1. The topological polar surface area (TPSA) is 87.1 Å². The van der Waals surface area contributed by atoms with Crippen LogP contribution in [0.3, 0.4) is 0 Å². The molecule has 26 heavy (non-hydrogen) atoms. The van der Waals surface area contributed by atoms with Gasteiger partial charge in [0, 0.05) is 12.1 Å². The van der Waals surface area contributed by atoms with Crippen molar-refractivity contribution in [1.82, 2.24) is 4.31 Å². The Kier molecular flexibility index (Phi) is 6.13. The van der Waals surface area contributed by atoms with Crippen molar-refractivity contribution in [2.75, 3.05) is 7.11 Å². The Hall–Kier alpha value is -1.87. The molecule has 0 saturated carbocycles. The minimum atomic E-state index is -3.78. The van der Waals surface area contributed by atoms with Crippen molar-refractivity contribution in [2.24, 2.45) is 0 Å². The summed E-state index contributed by atoms with van der Waals surface area (Å²) in [4.78, 5) is 0.102. The van der Waals surface area contributed by atoms with Crippen molar-refractivity contribution in [2.45, 2.75) is 37.8 Å². The van der Waals surface area contributed by atoms with Crippen LogP contribution in [0.4, 0.5) is 0 Å². The molecule has 2 rings (SSSR count). The van der Waals surface area contributed by atoms with Gasteiger partial charge in [-0.2, -0.15) is 4.31 Å². The molecule has 0 aliphatic heterocycles. The zero-order valence-corrected chi connectivity index (χ0v) is 16.2. The van der Waals surface area contributed by atoms with Crippen LogP contribution in [0.2, 0.25) is 0 Å². The number of rotatable bonds is 6. The lowest BCUT2D eigenvalue weighted by Crippen LogP contribution is -2.45. The highest BCUT2D eigenvalue weighted by atomic mass is 32.2. The molecule has 0 unspecified atom stereocenters. The number of hydrogen-bond donors (Lipinski definition) is 2. The second-order valence-corrected chi connectivity index (χ2v) is 8.84. The fraction of sp³-hybridized carbons (Fsp3) is 0.333. The van der Waals surface area contributed by atoms with Gasteiger partial charge in [-0.1, -0.05) is 24.3 Å². The third-order valence-corrected chi connectivity index (χ3v) is 6.12. The second-order valence-electron chi connectivity index (χ2n) is 6.97. The van der Waals surface area contributed by atoms with Gasteiger partial charge in [-0.15, -0.1) is 0 Å². The number of ether oxygens (including phenoxy) is 1. The zero-order chi connectivity index (χ0) is 19.5. The Morgan fingerprint density at radius 2 is 1.54 bits per heavy atom. The molecule has 0 radical (unpaired) electrons. The van der Waals surface area contributed by atoms with E-state index in [-0.39, 0.29) is 16.9 Å². The Labute approximate surface area is 155 Å². The molecule has 0 amide bonds. The molecule has 140 valence electrons. The quantitative estimate of drug-likeness (QED) is 0.743. The lowest BCUT2D eigenvalue weighted by molar-refractivity contribution is 0.242. The van der Waals surface area contributed by atoms with Gasteiger partial charge in [-0.05, 0) is 56.1 Å². The normalized spacial score (nSPS) is 12.3. The minimum absolute atomic E-state index is 0.102. The molecule has 0 spiro atoms. The fourth-order valence-corrected chi connectivity index (χ4v) is 4.29. The van der Waals surface area contributed by atoms with Gasteiger partial charge in [0.15, 0.2) is 0 Å². The summed E-state index contributed by atoms with van der Waals surface area (Å²) in [5, 5.41) is 18.4. The summed E-state index contributed by atoms with van der Waals surface area (Å²) >= 11 is 0. The van der Waals surface area contributed by atoms with Crippen molar-refractivity contribution in [3.63, 3.8) is 0 Å². The molecule has 2 N–H and O–H groups in total. The Morgan fingerprint density at radius 3 is 1.96 bits per heavy atom. The van der Waals surface area contributed by atoms with Crippen molar-refractivity contribution in [1.29, 1.82) is 0 Å². The Balaban J connectivity index is 2.38. The predicted octanol–water partition coefficient (Wildman–Crippen LogP) is 1.36. The van der Waals surface area contributed by atoms with E-state index in [9.17, 15) is 18.5 Å². The molecule has 0 aliphatic carbocycles. The minimum Gasteiger partial charge on any atom is -0.497 e. The van der Waals surface area contributed by atoms with Gasteiger partial charge >= 0.3 is 7.12 Å². The molecule has 0 aliphatic rings. The summed E-state index contributed by atoms with van der Waals surface area (Å²) in [6.07, 6.45) is 0. The molecule has 0 saturated heterocycles. The number of benzene rings is 2. The maximum absolute atomic E-state index is 13.2. The third kappa shape index (κ3) is 4.65. The van der Waals surface area contributed by atoms with Crippen molar-refractivity contribution in [3.05, 3.63) is 54.1 Å². The summed E-state index contributed by atoms with van der Waals surface area (Å²) in [6, 6.07) is 12.8. The fourth-order valence-electron chi connectivity index (χ4n) is 2.52. The van der Waals surface area contributed by atoms with E-state index >= 15 is 0 Å². The predicted molar refractivity (Wildman–Crippen MR) is 102 cm³/mol. The first kappa shape index (κ1) is 20.4. The number of hydrogen-bond acceptors (Lipinski definition) is 5. The Bertz CT molecular complexity index is 827. The van der Waals surface area contributed by atoms with Gasteiger partial charge in [0.05, 0.1) is 12.0 Å². The number of nitrogens with zero attached hydrogens (tertiary/aromatic N) is 1. The molecule has 2 aromatic rings. The largest absolute Gasteiger partial charge is 0.497 e. The average molecular weight is 377 g/mol. The van der Waals surface area contributed by atoms with Crippen LogP contribution in [0, 0.1) is 0 Å². The van der Waals surface area contributed by atoms with Crippen LogP contribution in [0.25, 0.3) is 0 Å². The van der Waals surface area contributed by atoms with Crippen molar-refractivity contribution < 1.29 is 23.2 Å². The highest BCUT2D eigenvalue weighted by molar-refractivity contribution is 7.89. The van der Waals surface area contributed by atoms with E-state index in [1.165, 1.54) is 28.6 Å². The molecular weight excluding hydrogens is 353 g/mol. The van der Waals surface area contributed by atoms with Gasteiger partial charge < -0.3 is 14.8 Å². The first-order valence-electron chi connectivity index (χ1n) is 8.17. The summed E-state index contributed by atoms with van der Waals surface area (Å²) in [6.45, 7) is 5.71. The standard InChI is InChI=1S/C18H24BNO5S/c1-18(2,3)20(13-14-5-9-16(25-4)10-6-14)26(23,24)17-11-7-15(8-12-17)19(21)22/h5-12,21-22H,13H2,1-4H3. The van der Waals surface area contributed by atoms with Crippen LogP contribution in [-0.2, 0) is 16.6 Å². The summed E-state index contributed by atoms with van der Waals surface area (Å²) in [7, 11) is -3.83. The van der Waals surface area contributed by atoms with Gasteiger partial charge in [-0.25, -0.2) is 8.42 Å². The smallest absolute Gasteiger partial charge is 0.488 e. The molecule has 8 heteroatoms. The molecular formula is C18H24BNO5S. The van der Waals surface area contributed by atoms with Gasteiger partial charge in [0.25, 0.3) is 0 Å². The van der Waals surface area contributed by atoms with E-state index in [0.717, 1.165) is 5.56 Å². The molecule has 6 nitrogen and oxygen atoms in total. The summed E-state index contributed by atoms with van der Waals surface area (Å²) in [5.41, 5.74) is 0.432. The van der Waals surface area contributed by atoms with Crippen LogP contribution in [0.1, 0.15) is 26.3 Å². The van der Waals surface area contributed by atoms with Crippen molar-refractivity contribution in [3.8, 4) is 5.75 Å². The van der Waals surface area contributed by atoms with Gasteiger partial charge in [0.1, 0.15) is 5.75 Å². The van der Waals surface area contributed by atoms with Crippen LogP contribution >= 0.6 is 0 Å². The zero-order valence-electron chi connectivity index (χ0n) is 15.4. The molecule has 0 bridgehead atoms. The average Bonchev–Trinajstić information content (AvgIpc) is 2.59. The summed E-state index contributed by atoms with van der Waals surface area (Å²) in [5.74, 6) is 0.706. The summed E-state index contributed by atoms with van der Waals surface area (Å²) < 4.78 is 32.9. The van der Waals surface area contributed by atoms with E-state index in [1.54, 1.807) is 19.2 Å². The monoisotopic (exact) mass is 377 g/mol. The lowest BCUT2D eigenvalue weighted by atomic mass is 9.81. The number of sulfonamides is 1. The lowest BCUT2D eigenvalue weighted by Gasteiger charge is -2.34. The molecule has 0 atom stereocenters. The van der Waals surface area contributed by atoms with Crippen molar-refractivity contribution >= 4 is 22.6 Å². The third-order valence-electron chi connectivity index (χ3n) is 4.00. The van der Waals surface area contributed by atoms with E-state index in [0.29, 0.717) is 5.75 Å². The number of methoxy groups -OCH3 is 1. The SMILES string of the molecule is COc1ccc(CN(C(C)(C)C)S(=O)(=O)c2ccc(B(O)O)cc2)cc1. The van der Waals surface area contributed by atoms with Crippen LogP contribution in [-0.4, -0.2) is 42.5 Å². The first-order valence-corrected chi connectivity index (χ1v) is 9.61. The maximum Gasteiger partial charge on any atom is 0.488 e. The van der Waals surface area contributed by atoms with E-state index in [1.807, 2.05) is 32.9 Å². The molecule has 2 aromatic carbocycles. The van der Waals surface area contributed by atoms with E-state index < -0.39 is 22.7 Å². The van der Waals surface area contributed by atoms with E-state index in [4.69, 9.17) is 4.74 Å². The van der Waals surface area contributed by atoms with Crippen LogP contribution < -0.4 is 10.2 Å². The second kappa shape index (κ2) is 7.79. The maximum atomic E-state index is 13.2. The van der Waals surface area contributed by atoms with Crippen LogP contribution in [0.5, 0.6) is 5.75 Å². The van der Waals surface area contributed by atoms with Gasteiger partial charge in [0.2, 0.25) is 10.0 Å². The molecule has 0 fully saturated rings. The molecule has 0 aromatic heterocycles. The van der Waals surface area contributed by atoms with Crippen LogP contribution in [0.15, 0.2) is 53.4 Å². The Morgan fingerprint density at radius 1 is 1.00 bits per heavy atom. The highest BCUT2D eigenvalue weighted by Crippen LogP contribution is 2.27. The molecule has 0 heterocycles. The van der Waals surface area contributed by atoms with Gasteiger partial charge in [-0.3, -0.25) is 0 Å². The highest BCUT2D eigenvalue weighted by Gasteiger charge is 2.34. The van der Waals surface area contributed by atoms with E-state index in [2.05, 4.69) is 0 Å².